The molecule has 2 saturated heterocycles. The first-order valence-electron chi connectivity index (χ1n) is 20.4. The summed E-state index contributed by atoms with van der Waals surface area (Å²) in [5, 5.41) is 11.8. The molecule has 12 heteroatoms. The van der Waals surface area contributed by atoms with E-state index in [1.165, 1.54) is 0 Å². The molecule has 4 heterocycles. The number of nitrogens with one attached hydrogen (secondary N) is 1. The van der Waals surface area contributed by atoms with Crippen LogP contribution in [0.1, 0.15) is 125 Å². The van der Waals surface area contributed by atoms with E-state index in [9.17, 15) is 24.0 Å². The maximum atomic E-state index is 13.8. The van der Waals surface area contributed by atoms with Gasteiger partial charge < -0.3 is 9.64 Å². The molecule has 5 amide bonds. The number of imide groups is 2. The van der Waals surface area contributed by atoms with Gasteiger partial charge in [-0.2, -0.15) is 5.26 Å². The Hall–Kier alpha value is -5.49. The molecule has 3 aromatic rings. The quantitative estimate of drug-likeness (QED) is 0.198. The third kappa shape index (κ3) is 7.99. The van der Waals surface area contributed by atoms with Crippen LogP contribution in [0.5, 0.6) is 5.75 Å². The van der Waals surface area contributed by atoms with Gasteiger partial charge in [0.1, 0.15) is 17.9 Å². The summed E-state index contributed by atoms with van der Waals surface area (Å²) >= 11 is 6.20. The first-order valence-corrected chi connectivity index (χ1v) is 20.7. The SMILES string of the molecule is CC(CC1CCC(C)N1C(=O)c1ccc(C#C[C@H]2CC[C@H](CN3Cc4cc5c(cc4C3)C(=O)N(C3CCC(=O)NC3=O)C5=O)CC2)cc1)Oc1ccc(C#N)c(Cl)c1. The molecule has 5 aliphatic rings. The molecule has 0 spiro atoms. The number of nitriles is 1. The molecule has 298 valence electrons. The van der Waals surface area contributed by atoms with Gasteiger partial charge in [-0.3, -0.25) is 39.1 Å². The highest BCUT2D eigenvalue weighted by molar-refractivity contribution is 6.31. The number of benzene rings is 3. The lowest BCUT2D eigenvalue weighted by molar-refractivity contribution is -0.136. The Morgan fingerprint density at radius 3 is 2.24 bits per heavy atom. The van der Waals surface area contributed by atoms with Crippen molar-refractivity contribution in [3.05, 3.63) is 98.6 Å². The lowest BCUT2D eigenvalue weighted by Gasteiger charge is -2.30. The van der Waals surface area contributed by atoms with Gasteiger partial charge in [-0.15, -0.1) is 0 Å². The maximum absolute atomic E-state index is 13.8. The Balaban J connectivity index is 0.805. The van der Waals surface area contributed by atoms with Crippen LogP contribution >= 0.6 is 11.6 Å². The van der Waals surface area contributed by atoms with Crippen molar-refractivity contribution in [3.63, 3.8) is 0 Å². The number of hydrogen-bond donors (Lipinski definition) is 1. The minimum absolute atomic E-state index is 0.0186. The number of carbonyl (C=O) groups excluding carboxylic acids is 5. The van der Waals surface area contributed by atoms with Gasteiger partial charge in [-0.05, 0) is 124 Å². The Bertz CT molecular complexity index is 2240. The number of likely N-dealkylation sites (tertiary alicyclic amines) is 1. The summed E-state index contributed by atoms with van der Waals surface area (Å²) in [6.07, 6.45) is 6.83. The molecule has 11 nitrogen and oxygen atoms in total. The number of nitrogens with zero attached hydrogens (tertiary/aromatic N) is 4. The Morgan fingerprint density at radius 1 is 0.914 bits per heavy atom. The molecule has 0 aromatic heterocycles. The molecule has 0 bridgehead atoms. The summed E-state index contributed by atoms with van der Waals surface area (Å²) in [7, 11) is 0. The number of carbonyl (C=O) groups is 5. The fourth-order valence-corrected chi connectivity index (χ4v) is 9.66. The van der Waals surface area contributed by atoms with Crippen molar-refractivity contribution in [2.45, 2.75) is 109 Å². The highest BCUT2D eigenvalue weighted by atomic mass is 35.5. The van der Waals surface area contributed by atoms with Gasteiger partial charge in [-0.1, -0.05) is 23.4 Å². The molecular weight excluding hydrogens is 754 g/mol. The molecule has 4 unspecified atom stereocenters. The van der Waals surface area contributed by atoms with E-state index in [-0.39, 0.29) is 42.8 Å². The minimum atomic E-state index is -0.961. The van der Waals surface area contributed by atoms with E-state index in [1.54, 1.807) is 18.2 Å². The van der Waals surface area contributed by atoms with Crippen LogP contribution in [0.2, 0.25) is 5.02 Å². The van der Waals surface area contributed by atoms with Crippen LogP contribution in [0.3, 0.4) is 0 Å². The Morgan fingerprint density at radius 2 is 1.60 bits per heavy atom. The average Bonchev–Trinajstić information content (AvgIpc) is 3.85. The first-order chi connectivity index (χ1) is 27.9. The predicted octanol–water partition coefficient (Wildman–Crippen LogP) is 6.64. The van der Waals surface area contributed by atoms with Gasteiger partial charge in [0.05, 0.1) is 27.8 Å². The second-order valence-electron chi connectivity index (χ2n) is 16.6. The standard InChI is InChI=1S/C46H46ClN5O6/c1-27-3-15-36(19-28(2)58-37-16-14-33(23-48)40(47)22-37)51(27)44(55)32-12-10-30(11-13-32)5-4-29-6-8-31(9-7-29)24-50-25-34-20-38-39(21-35(34)26-50)46(57)52(45(38)56)41-17-18-42(53)49-43(41)54/h10-14,16,20-22,27-29,31,36,41H,3,6-9,15,17-19,24-26H2,1-2H3,(H,49,53,54)/t27?,28?,29-,31-,36?,41?. The Labute approximate surface area is 343 Å². The number of fused-ring (bicyclic) bond motifs is 2. The van der Waals surface area contributed by atoms with Crippen LogP contribution in [0.25, 0.3) is 0 Å². The molecule has 1 saturated carbocycles. The lowest BCUT2D eigenvalue weighted by atomic mass is 9.82. The molecule has 4 aliphatic heterocycles. The van der Waals surface area contributed by atoms with Gasteiger partial charge in [0.25, 0.3) is 17.7 Å². The van der Waals surface area contributed by atoms with E-state index in [2.05, 4.69) is 35.1 Å². The molecule has 3 aromatic carbocycles. The average molecular weight is 800 g/mol. The Kier molecular flexibility index (Phi) is 11.1. The fourth-order valence-electron chi connectivity index (χ4n) is 9.45. The zero-order valence-corrected chi connectivity index (χ0v) is 33.5. The van der Waals surface area contributed by atoms with Crippen molar-refractivity contribution in [2.75, 3.05) is 6.54 Å². The van der Waals surface area contributed by atoms with E-state index in [0.29, 0.717) is 64.4 Å². The summed E-state index contributed by atoms with van der Waals surface area (Å²) in [4.78, 5) is 69.8. The van der Waals surface area contributed by atoms with E-state index in [4.69, 9.17) is 21.6 Å². The van der Waals surface area contributed by atoms with Crippen molar-refractivity contribution >= 4 is 41.1 Å². The van der Waals surface area contributed by atoms with Crippen LogP contribution in [0, 0.1) is 35.0 Å². The summed E-state index contributed by atoms with van der Waals surface area (Å²) in [5.74, 6) is 6.41. The van der Waals surface area contributed by atoms with E-state index >= 15 is 0 Å². The van der Waals surface area contributed by atoms with Gasteiger partial charge in [-0.25, -0.2) is 0 Å². The van der Waals surface area contributed by atoms with Crippen molar-refractivity contribution in [3.8, 4) is 23.7 Å². The first kappa shape index (κ1) is 39.3. The molecule has 0 radical (unpaired) electrons. The van der Waals surface area contributed by atoms with Crippen LogP contribution in [0.4, 0.5) is 0 Å². The number of rotatable bonds is 8. The van der Waals surface area contributed by atoms with Crippen LogP contribution in [0.15, 0.2) is 54.6 Å². The van der Waals surface area contributed by atoms with E-state index in [0.717, 1.165) is 66.7 Å². The zero-order valence-electron chi connectivity index (χ0n) is 32.8. The van der Waals surface area contributed by atoms with Gasteiger partial charge in [0, 0.05) is 67.7 Å². The normalized spacial score (nSPS) is 24.8. The smallest absolute Gasteiger partial charge is 0.262 e. The van der Waals surface area contributed by atoms with Crippen LogP contribution in [-0.2, 0) is 22.7 Å². The number of halogens is 1. The third-order valence-corrected chi connectivity index (χ3v) is 12.8. The van der Waals surface area contributed by atoms with E-state index in [1.807, 2.05) is 48.2 Å². The molecule has 4 atom stereocenters. The zero-order chi connectivity index (χ0) is 40.7. The minimum Gasteiger partial charge on any atom is -0.491 e. The lowest BCUT2D eigenvalue weighted by Crippen LogP contribution is -2.54. The number of piperidine rings is 1. The van der Waals surface area contributed by atoms with Crippen LogP contribution in [-0.4, -0.2) is 75.0 Å². The maximum Gasteiger partial charge on any atom is 0.262 e. The van der Waals surface area contributed by atoms with Crippen molar-refractivity contribution in [1.29, 1.82) is 5.26 Å². The van der Waals surface area contributed by atoms with Gasteiger partial charge in [0.15, 0.2) is 0 Å². The summed E-state index contributed by atoms with van der Waals surface area (Å²) in [6.45, 7) is 6.45. The monoisotopic (exact) mass is 799 g/mol. The largest absolute Gasteiger partial charge is 0.491 e. The molecule has 58 heavy (non-hydrogen) atoms. The van der Waals surface area contributed by atoms with Crippen molar-refractivity contribution < 1.29 is 28.7 Å². The summed E-state index contributed by atoms with van der Waals surface area (Å²) < 4.78 is 6.12. The fraction of sp³-hybridized carbons (Fsp3) is 0.435. The molecule has 1 aliphatic carbocycles. The number of amides is 5. The summed E-state index contributed by atoms with van der Waals surface area (Å²) in [5.41, 5.74) is 4.71. The number of hydrogen-bond acceptors (Lipinski definition) is 8. The topological polar surface area (TPSA) is 140 Å². The van der Waals surface area contributed by atoms with Crippen LogP contribution < -0.4 is 10.1 Å². The third-order valence-electron chi connectivity index (χ3n) is 12.5. The second-order valence-corrected chi connectivity index (χ2v) is 17.0. The molecule has 3 fully saturated rings. The second kappa shape index (κ2) is 16.4. The predicted molar refractivity (Wildman–Crippen MR) is 216 cm³/mol. The van der Waals surface area contributed by atoms with Crippen molar-refractivity contribution in [2.24, 2.45) is 11.8 Å². The van der Waals surface area contributed by atoms with E-state index < -0.39 is 23.8 Å². The van der Waals surface area contributed by atoms with Crippen molar-refractivity contribution in [1.82, 2.24) is 20.0 Å². The van der Waals surface area contributed by atoms with Gasteiger partial charge in [0.2, 0.25) is 11.8 Å². The molecule has 1 N–H and O–H groups in total. The highest BCUT2D eigenvalue weighted by Crippen LogP contribution is 2.36. The highest BCUT2D eigenvalue weighted by Gasteiger charge is 2.45. The number of ether oxygens (including phenoxy) is 1. The summed E-state index contributed by atoms with van der Waals surface area (Å²) in [6, 6.07) is 17.6. The molecule has 8 rings (SSSR count). The molecular formula is C46H46ClN5O6. The van der Waals surface area contributed by atoms with Gasteiger partial charge >= 0.3 is 0 Å².